The lowest BCUT2D eigenvalue weighted by molar-refractivity contribution is -0.137. The number of anilines is 2. The van der Waals surface area contributed by atoms with Gasteiger partial charge in [0.15, 0.2) is 5.65 Å². The summed E-state index contributed by atoms with van der Waals surface area (Å²) in [6, 6.07) is 7.67. The van der Waals surface area contributed by atoms with E-state index in [1.54, 1.807) is 6.07 Å². The average Bonchev–Trinajstić information content (AvgIpc) is 3.32. The Labute approximate surface area is 193 Å². The Kier molecular flexibility index (Phi) is 5.09. The molecule has 34 heavy (non-hydrogen) atoms. The van der Waals surface area contributed by atoms with E-state index in [1.807, 2.05) is 0 Å². The zero-order valence-electron chi connectivity index (χ0n) is 16.9. The number of aromatic amines is 1. The Morgan fingerprint density at radius 3 is 2.50 bits per heavy atom. The Hall–Kier alpha value is -4.19. The first-order valence-corrected chi connectivity index (χ1v) is 10.0. The average molecular weight is 489 g/mol. The fourth-order valence-corrected chi connectivity index (χ4v) is 3.58. The van der Waals surface area contributed by atoms with Crippen molar-refractivity contribution < 1.29 is 27.5 Å². The highest BCUT2D eigenvalue weighted by Gasteiger charge is 2.39. The molecule has 0 bridgehead atoms. The molecule has 13 heteroatoms. The van der Waals surface area contributed by atoms with Crippen LogP contribution in [0.5, 0.6) is 11.5 Å². The summed E-state index contributed by atoms with van der Waals surface area (Å²) < 4.78 is 44.7. The highest BCUT2D eigenvalue weighted by molar-refractivity contribution is 6.34. The van der Waals surface area contributed by atoms with Gasteiger partial charge < -0.3 is 4.74 Å². The lowest BCUT2D eigenvalue weighted by Gasteiger charge is -2.18. The quantitative estimate of drug-likeness (QED) is 0.414. The van der Waals surface area contributed by atoms with E-state index in [-0.39, 0.29) is 11.4 Å². The van der Waals surface area contributed by atoms with Crippen LogP contribution >= 0.6 is 11.6 Å². The van der Waals surface area contributed by atoms with Gasteiger partial charge in [-0.3, -0.25) is 19.8 Å². The van der Waals surface area contributed by atoms with E-state index in [1.165, 1.54) is 30.5 Å². The number of halogens is 4. The number of hydrogen-bond acceptors (Lipinski definition) is 6. The molecule has 3 amide bonds. The normalized spacial score (nSPS) is 14.4. The van der Waals surface area contributed by atoms with Crippen LogP contribution in [0.1, 0.15) is 5.56 Å². The first-order chi connectivity index (χ1) is 16.2. The molecule has 1 aromatic carbocycles. The van der Waals surface area contributed by atoms with E-state index < -0.39 is 30.2 Å². The predicted molar refractivity (Wildman–Crippen MR) is 115 cm³/mol. The molecule has 5 rings (SSSR count). The van der Waals surface area contributed by atoms with Crippen molar-refractivity contribution in [3.05, 3.63) is 65.7 Å². The number of carbonyl (C=O) groups is 2. The maximum absolute atomic E-state index is 13.0. The Balaban J connectivity index is 1.35. The van der Waals surface area contributed by atoms with Crippen LogP contribution < -0.4 is 14.5 Å². The van der Waals surface area contributed by atoms with Crippen LogP contribution in [0.2, 0.25) is 5.15 Å². The number of nitrogens with one attached hydrogen (secondary N) is 1. The molecular formula is C21H12ClF3N6O3. The number of amides is 3. The summed E-state index contributed by atoms with van der Waals surface area (Å²) in [5.41, 5.74) is -0.485. The van der Waals surface area contributed by atoms with Gasteiger partial charge in [0.1, 0.15) is 23.2 Å². The van der Waals surface area contributed by atoms with Crippen molar-refractivity contribution in [1.82, 2.24) is 20.2 Å². The zero-order valence-corrected chi connectivity index (χ0v) is 17.6. The molecule has 1 aliphatic rings. The van der Waals surface area contributed by atoms with Crippen LogP contribution in [0.3, 0.4) is 0 Å². The molecule has 0 unspecified atom stereocenters. The molecule has 0 radical (unpaired) electrons. The summed E-state index contributed by atoms with van der Waals surface area (Å²) in [5.74, 6) is 0.183. The van der Waals surface area contributed by atoms with Crippen LogP contribution in [0.15, 0.2) is 55.0 Å². The number of benzene rings is 1. The number of urea groups is 1. The molecule has 0 atom stereocenters. The van der Waals surface area contributed by atoms with Crippen LogP contribution in [0.4, 0.5) is 29.3 Å². The highest BCUT2D eigenvalue weighted by Crippen LogP contribution is 2.33. The monoisotopic (exact) mass is 488 g/mol. The van der Waals surface area contributed by atoms with E-state index in [0.29, 0.717) is 33.9 Å². The SMILES string of the molecule is O=C1CN(c2cncc(C(F)(F)F)c2)C(=O)N1c1ccc(Oc2cnc3n[nH]c(Cl)c3c2)cc1. The number of rotatable bonds is 4. The van der Waals surface area contributed by atoms with E-state index in [0.717, 1.165) is 22.1 Å². The largest absolute Gasteiger partial charge is 0.456 e. The molecule has 1 saturated heterocycles. The van der Waals surface area contributed by atoms with E-state index in [9.17, 15) is 22.8 Å². The van der Waals surface area contributed by atoms with Gasteiger partial charge in [-0.05, 0) is 36.4 Å². The van der Waals surface area contributed by atoms with Crippen molar-refractivity contribution in [2.24, 2.45) is 0 Å². The molecule has 1 N–H and O–H groups in total. The lowest BCUT2D eigenvalue weighted by Crippen LogP contribution is -2.33. The number of H-pyrrole nitrogens is 1. The topological polar surface area (TPSA) is 104 Å². The second-order valence-corrected chi connectivity index (χ2v) is 7.58. The minimum atomic E-state index is -4.63. The molecule has 172 valence electrons. The van der Waals surface area contributed by atoms with Crippen molar-refractivity contribution in [2.45, 2.75) is 6.18 Å². The van der Waals surface area contributed by atoms with Gasteiger partial charge >= 0.3 is 12.2 Å². The van der Waals surface area contributed by atoms with Crippen molar-refractivity contribution in [3.63, 3.8) is 0 Å². The third-order valence-electron chi connectivity index (χ3n) is 5.00. The van der Waals surface area contributed by atoms with Crippen molar-refractivity contribution in [3.8, 4) is 11.5 Å². The van der Waals surface area contributed by atoms with Gasteiger partial charge in [0.25, 0.3) is 5.91 Å². The van der Waals surface area contributed by atoms with Crippen molar-refractivity contribution in [1.29, 1.82) is 0 Å². The van der Waals surface area contributed by atoms with Crippen molar-refractivity contribution in [2.75, 3.05) is 16.3 Å². The smallest absolute Gasteiger partial charge is 0.417 e. The summed E-state index contributed by atoms with van der Waals surface area (Å²) in [6.45, 7) is -0.419. The summed E-state index contributed by atoms with van der Waals surface area (Å²) in [4.78, 5) is 34.8. The maximum Gasteiger partial charge on any atom is 0.417 e. The molecular weight excluding hydrogens is 477 g/mol. The minimum absolute atomic E-state index is 0.128. The molecule has 0 spiro atoms. The first kappa shape index (κ1) is 21.6. The number of imide groups is 1. The maximum atomic E-state index is 13.0. The van der Waals surface area contributed by atoms with E-state index >= 15 is 0 Å². The fraction of sp³-hybridized carbons (Fsp3) is 0.0952. The predicted octanol–water partition coefficient (Wildman–Crippen LogP) is 4.79. The number of carbonyl (C=O) groups excluding carboxylic acids is 2. The van der Waals surface area contributed by atoms with Crippen LogP contribution in [-0.2, 0) is 11.0 Å². The first-order valence-electron chi connectivity index (χ1n) is 9.65. The molecule has 9 nitrogen and oxygen atoms in total. The molecule has 3 aromatic heterocycles. The number of fused-ring (bicyclic) bond motifs is 1. The van der Waals surface area contributed by atoms with Gasteiger partial charge in [-0.2, -0.15) is 18.3 Å². The summed E-state index contributed by atoms with van der Waals surface area (Å²) in [5, 5.41) is 7.42. The third-order valence-corrected chi connectivity index (χ3v) is 5.28. The van der Waals surface area contributed by atoms with Gasteiger partial charge in [-0.15, -0.1) is 0 Å². The number of nitrogens with zero attached hydrogens (tertiary/aromatic N) is 5. The van der Waals surface area contributed by atoms with Crippen LogP contribution in [0.25, 0.3) is 11.0 Å². The zero-order chi connectivity index (χ0) is 24.0. The van der Waals surface area contributed by atoms with Gasteiger partial charge in [-0.25, -0.2) is 14.7 Å². The molecule has 0 aliphatic carbocycles. The molecule has 4 heterocycles. The summed E-state index contributed by atoms with van der Waals surface area (Å²) in [6.07, 6.45) is -1.43. The van der Waals surface area contributed by atoms with Gasteiger partial charge in [0.2, 0.25) is 0 Å². The number of pyridine rings is 2. The van der Waals surface area contributed by atoms with Crippen LogP contribution in [-0.4, -0.2) is 38.6 Å². The van der Waals surface area contributed by atoms with Gasteiger partial charge in [-0.1, -0.05) is 11.6 Å². The van der Waals surface area contributed by atoms with E-state index in [2.05, 4.69) is 20.2 Å². The fourth-order valence-electron chi connectivity index (χ4n) is 3.39. The van der Waals surface area contributed by atoms with Crippen LogP contribution in [0, 0.1) is 0 Å². The standard InChI is InChI=1S/C21H12ClF3N6O3/c22-18-16-6-15(9-27-19(16)29-28-18)34-14-3-1-12(2-4-14)31-17(32)10-30(20(31)33)13-5-11(7-26-8-13)21(23,24)25/h1-9H,10H2,(H,27,28,29). The lowest BCUT2D eigenvalue weighted by atomic mass is 10.2. The van der Waals surface area contributed by atoms with E-state index in [4.69, 9.17) is 16.3 Å². The summed E-state index contributed by atoms with van der Waals surface area (Å²) in [7, 11) is 0. The molecule has 4 aromatic rings. The van der Waals surface area contributed by atoms with Crippen molar-refractivity contribution >= 4 is 45.9 Å². The third kappa shape index (κ3) is 3.88. The highest BCUT2D eigenvalue weighted by atomic mass is 35.5. The minimum Gasteiger partial charge on any atom is -0.456 e. The second kappa shape index (κ2) is 7.99. The Morgan fingerprint density at radius 2 is 1.76 bits per heavy atom. The Bertz CT molecular complexity index is 1420. The second-order valence-electron chi connectivity index (χ2n) is 7.20. The summed E-state index contributed by atoms with van der Waals surface area (Å²) >= 11 is 6.01. The molecule has 1 aliphatic heterocycles. The number of aromatic nitrogens is 4. The Morgan fingerprint density at radius 1 is 1.00 bits per heavy atom. The number of alkyl halides is 3. The number of ether oxygens (including phenoxy) is 1. The number of hydrogen-bond donors (Lipinski definition) is 1. The molecule has 0 saturated carbocycles. The van der Waals surface area contributed by atoms with Gasteiger partial charge in [0.05, 0.1) is 34.7 Å². The molecule has 1 fully saturated rings. The van der Waals surface area contributed by atoms with Gasteiger partial charge in [0, 0.05) is 6.20 Å².